The third-order valence-electron chi connectivity index (χ3n) is 5.79. The van der Waals surface area contributed by atoms with Crippen LogP contribution < -0.4 is 4.90 Å². The van der Waals surface area contributed by atoms with Gasteiger partial charge in [-0.05, 0) is 44.2 Å². The fourth-order valence-corrected chi connectivity index (χ4v) is 6.03. The highest BCUT2D eigenvalue weighted by atomic mass is 32.2. The number of nitrogens with zero attached hydrogens (tertiary/aromatic N) is 3. The zero-order valence-corrected chi connectivity index (χ0v) is 18.5. The first-order chi connectivity index (χ1) is 13.8. The first-order valence-corrected chi connectivity index (χ1v) is 12.7. The maximum absolute atomic E-state index is 13.5. The molecule has 1 atom stereocenters. The summed E-state index contributed by atoms with van der Waals surface area (Å²) in [7, 11) is -3.21. The molecule has 1 amide bonds. The van der Waals surface area contributed by atoms with Gasteiger partial charge in [0.15, 0.2) is 5.13 Å². The molecule has 2 aromatic rings. The molecule has 1 aromatic heterocycles. The Morgan fingerprint density at radius 2 is 2.07 bits per heavy atom. The Morgan fingerprint density at radius 3 is 2.69 bits per heavy atom. The summed E-state index contributed by atoms with van der Waals surface area (Å²) in [6, 6.07) is 6.06. The molecule has 3 heterocycles. The number of hydrogen-bond donors (Lipinski definition) is 0. The highest BCUT2D eigenvalue weighted by Gasteiger charge is 2.34. The summed E-state index contributed by atoms with van der Waals surface area (Å²) < 4.78 is 31.9. The number of para-hydroxylation sites is 1. The van der Waals surface area contributed by atoms with Crippen LogP contribution >= 0.6 is 11.3 Å². The van der Waals surface area contributed by atoms with Crippen LogP contribution in [-0.2, 0) is 19.6 Å². The summed E-state index contributed by atoms with van der Waals surface area (Å²) in [5, 5.41) is 0.709. The van der Waals surface area contributed by atoms with Gasteiger partial charge in [-0.2, -0.15) is 0 Å². The smallest absolute Gasteiger partial charge is 0.232 e. The number of thiazole rings is 1. The van der Waals surface area contributed by atoms with E-state index in [0.717, 1.165) is 35.2 Å². The average molecular weight is 438 g/mol. The molecule has 9 heteroatoms. The van der Waals surface area contributed by atoms with E-state index in [-0.39, 0.29) is 17.9 Å². The molecule has 2 aliphatic heterocycles. The summed E-state index contributed by atoms with van der Waals surface area (Å²) >= 11 is 1.53. The number of carbonyl (C=O) groups is 1. The van der Waals surface area contributed by atoms with Crippen molar-refractivity contribution in [3.8, 4) is 0 Å². The molecule has 29 heavy (non-hydrogen) atoms. The predicted octanol–water partition coefficient (Wildman–Crippen LogP) is 2.79. The Labute approximate surface area is 175 Å². The van der Waals surface area contributed by atoms with E-state index >= 15 is 0 Å². The van der Waals surface area contributed by atoms with Crippen LogP contribution in [0.4, 0.5) is 5.13 Å². The standard InChI is InChI=1S/C20H27N3O4S2/c1-14-5-3-7-17-18(14)21-20(28-17)23(13-16-6-4-12-27-16)19(24)15-8-10-22(11-9-15)29(2,25)26/h3,5,7,15-16H,4,6,8-13H2,1-2H3/t16-/m0/s1. The van der Waals surface area contributed by atoms with Crippen LogP contribution in [-0.4, -0.2) is 62.2 Å². The average Bonchev–Trinajstić information content (AvgIpc) is 3.35. The van der Waals surface area contributed by atoms with Crippen LogP contribution in [0.2, 0.25) is 0 Å². The lowest BCUT2D eigenvalue weighted by Gasteiger charge is -2.33. The van der Waals surface area contributed by atoms with Crippen molar-refractivity contribution >= 4 is 42.6 Å². The Bertz CT molecular complexity index is 990. The molecule has 4 rings (SSSR count). The fourth-order valence-electron chi connectivity index (χ4n) is 4.10. The number of benzene rings is 1. The van der Waals surface area contributed by atoms with E-state index in [1.165, 1.54) is 21.9 Å². The van der Waals surface area contributed by atoms with Crippen molar-refractivity contribution in [3.05, 3.63) is 23.8 Å². The summed E-state index contributed by atoms with van der Waals surface area (Å²) in [6.07, 6.45) is 4.29. The minimum Gasteiger partial charge on any atom is -0.376 e. The molecule has 0 radical (unpaired) electrons. The van der Waals surface area contributed by atoms with Crippen LogP contribution in [0.1, 0.15) is 31.2 Å². The van der Waals surface area contributed by atoms with Crippen LogP contribution in [0.25, 0.3) is 10.2 Å². The quantitative estimate of drug-likeness (QED) is 0.719. The van der Waals surface area contributed by atoms with Crippen LogP contribution in [0.5, 0.6) is 0 Å². The van der Waals surface area contributed by atoms with E-state index in [4.69, 9.17) is 9.72 Å². The molecule has 0 bridgehead atoms. The lowest BCUT2D eigenvalue weighted by molar-refractivity contribution is -0.123. The SMILES string of the molecule is Cc1cccc2sc(N(C[C@@H]3CCCO3)C(=O)C3CCN(S(C)(=O)=O)CC3)nc12. The van der Waals surface area contributed by atoms with E-state index in [1.807, 2.05) is 25.1 Å². The number of amides is 1. The van der Waals surface area contributed by atoms with Crippen molar-refractivity contribution in [1.29, 1.82) is 0 Å². The van der Waals surface area contributed by atoms with Gasteiger partial charge in [0.1, 0.15) is 0 Å². The second kappa shape index (κ2) is 8.29. The Kier molecular flexibility index (Phi) is 5.92. The lowest BCUT2D eigenvalue weighted by Crippen LogP contribution is -2.46. The summed E-state index contributed by atoms with van der Waals surface area (Å²) in [5.74, 6) is -0.159. The fraction of sp³-hybridized carbons (Fsp3) is 0.600. The summed E-state index contributed by atoms with van der Waals surface area (Å²) in [5.41, 5.74) is 2.03. The molecular weight excluding hydrogens is 410 g/mol. The van der Waals surface area contributed by atoms with Gasteiger partial charge in [0.05, 0.1) is 29.1 Å². The number of hydrogen-bond acceptors (Lipinski definition) is 6. The predicted molar refractivity (Wildman–Crippen MR) is 115 cm³/mol. The second-order valence-corrected chi connectivity index (χ2v) is 10.9. The maximum Gasteiger partial charge on any atom is 0.232 e. The number of sulfonamides is 1. The Balaban J connectivity index is 1.58. The van der Waals surface area contributed by atoms with Crippen molar-refractivity contribution in [2.24, 2.45) is 5.92 Å². The van der Waals surface area contributed by atoms with Gasteiger partial charge < -0.3 is 4.74 Å². The minimum absolute atomic E-state index is 0.0307. The van der Waals surface area contributed by atoms with Gasteiger partial charge in [0.25, 0.3) is 0 Å². The number of fused-ring (bicyclic) bond motifs is 1. The van der Waals surface area contributed by atoms with E-state index in [0.29, 0.717) is 37.6 Å². The van der Waals surface area contributed by atoms with Crippen molar-refractivity contribution in [2.45, 2.75) is 38.7 Å². The third-order valence-corrected chi connectivity index (χ3v) is 8.14. The van der Waals surface area contributed by atoms with Crippen molar-refractivity contribution in [1.82, 2.24) is 9.29 Å². The topological polar surface area (TPSA) is 79.8 Å². The second-order valence-electron chi connectivity index (χ2n) is 7.94. The van der Waals surface area contributed by atoms with Gasteiger partial charge in [0.2, 0.25) is 15.9 Å². The molecule has 0 N–H and O–H groups in total. The first-order valence-electron chi connectivity index (χ1n) is 10.1. The van der Waals surface area contributed by atoms with E-state index in [1.54, 1.807) is 4.90 Å². The van der Waals surface area contributed by atoms with E-state index < -0.39 is 10.0 Å². The van der Waals surface area contributed by atoms with Gasteiger partial charge in [-0.15, -0.1) is 0 Å². The third kappa shape index (κ3) is 4.47. The summed E-state index contributed by atoms with van der Waals surface area (Å²) in [6.45, 7) is 4.05. The number of carbonyl (C=O) groups excluding carboxylic acids is 1. The number of rotatable bonds is 5. The molecule has 0 spiro atoms. The molecule has 0 saturated carbocycles. The number of ether oxygens (including phenoxy) is 1. The van der Waals surface area contributed by atoms with Crippen molar-refractivity contribution in [2.75, 3.05) is 37.4 Å². The number of aromatic nitrogens is 1. The largest absolute Gasteiger partial charge is 0.376 e. The van der Waals surface area contributed by atoms with Crippen LogP contribution in [0.3, 0.4) is 0 Å². The molecule has 7 nitrogen and oxygen atoms in total. The van der Waals surface area contributed by atoms with Crippen LogP contribution in [0.15, 0.2) is 18.2 Å². The maximum atomic E-state index is 13.5. The summed E-state index contributed by atoms with van der Waals surface area (Å²) in [4.78, 5) is 20.1. The van der Waals surface area contributed by atoms with Gasteiger partial charge in [-0.25, -0.2) is 17.7 Å². The van der Waals surface area contributed by atoms with Crippen molar-refractivity contribution in [3.63, 3.8) is 0 Å². The highest BCUT2D eigenvalue weighted by Crippen LogP contribution is 2.33. The zero-order valence-electron chi connectivity index (χ0n) is 16.8. The number of anilines is 1. The minimum atomic E-state index is -3.21. The highest BCUT2D eigenvalue weighted by molar-refractivity contribution is 7.88. The van der Waals surface area contributed by atoms with E-state index in [9.17, 15) is 13.2 Å². The zero-order chi connectivity index (χ0) is 20.6. The molecule has 2 saturated heterocycles. The van der Waals surface area contributed by atoms with Gasteiger partial charge in [0, 0.05) is 25.6 Å². The molecule has 2 fully saturated rings. The molecule has 1 aromatic carbocycles. The van der Waals surface area contributed by atoms with Crippen LogP contribution in [0, 0.1) is 12.8 Å². The van der Waals surface area contributed by atoms with E-state index in [2.05, 4.69) is 0 Å². The van der Waals surface area contributed by atoms with Gasteiger partial charge in [-0.3, -0.25) is 9.69 Å². The molecular formula is C20H27N3O4S2. The Hall–Kier alpha value is -1.55. The van der Waals surface area contributed by atoms with Gasteiger partial charge in [-0.1, -0.05) is 23.5 Å². The lowest BCUT2D eigenvalue weighted by atomic mass is 9.96. The number of piperidine rings is 1. The monoisotopic (exact) mass is 437 g/mol. The normalized spacial score (nSPS) is 21.7. The molecule has 158 valence electrons. The number of aryl methyl sites for hydroxylation is 1. The van der Waals surface area contributed by atoms with Crippen molar-refractivity contribution < 1.29 is 17.9 Å². The Morgan fingerprint density at radius 1 is 1.31 bits per heavy atom. The molecule has 0 aliphatic carbocycles. The molecule has 2 aliphatic rings. The first kappa shape index (κ1) is 20.7. The molecule has 0 unspecified atom stereocenters. The van der Waals surface area contributed by atoms with Gasteiger partial charge >= 0.3 is 0 Å².